The molecule has 2 rings (SSSR count). The Morgan fingerprint density at radius 3 is 2.76 bits per heavy atom. The summed E-state index contributed by atoms with van der Waals surface area (Å²) in [6.45, 7) is 0. The van der Waals surface area contributed by atoms with Crippen LogP contribution in [0, 0.1) is 5.92 Å². The van der Waals surface area contributed by atoms with Gasteiger partial charge in [0, 0.05) is 29.3 Å². The van der Waals surface area contributed by atoms with E-state index in [0.717, 1.165) is 11.8 Å². The molecule has 1 aromatic rings. The molecule has 0 bridgehead atoms. The van der Waals surface area contributed by atoms with Gasteiger partial charge in [0.25, 0.3) is 5.91 Å². The van der Waals surface area contributed by atoms with E-state index in [1.54, 1.807) is 24.5 Å². The van der Waals surface area contributed by atoms with Crippen LogP contribution < -0.4 is 5.32 Å². The number of aromatic nitrogens is 1. The number of pyridine rings is 1. The van der Waals surface area contributed by atoms with Crippen molar-refractivity contribution in [3.63, 3.8) is 0 Å². The molecule has 2 unspecified atom stereocenters. The van der Waals surface area contributed by atoms with Crippen LogP contribution >= 0.6 is 15.9 Å². The first-order valence-electron chi connectivity index (χ1n) is 6.08. The predicted octanol–water partition coefficient (Wildman–Crippen LogP) is 2.77. The molecule has 3 nitrogen and oxygen atoms in total. The average Bonchev–Trinajstić information content (AvgIpc) is 2.40. The van der Waals surface area contributed by atoms with Crippen LogP contribution in [0.2, 0.25) is 0 Å². The number of carbonyl (C=O) groups excluding carboxylic acids is 1. The van der Waals surface area contributed by atoms with Crippen LogP contribution in [-0.4, -0.2) is 22.3 Å². The molecule has 17 heavy (non-hydrogen) atoms. The van der Waals surface area contributed by atoms with Crippen LogP contribution in [0.4, 0.5) is 0 Å². The number of carbonyl (C=O) groups is 1. The highest BCUT2D eigenvalue weighted by Crippen LogP contribution is 2.26. The minimum absolute atomic E-state index is 0.0188. The van der Waals surface area contributed by atoms with Crippen LogP contribution in [0.1, 0.15) is 36.0 Å². The van der Waals surface area contributed by atoms with Gasteiger partial charge in [0.05, 0.1) is 0 Å². The van der Waals surface area contributed by atoms with Crippen molar-refractivity contribution < 1.29 is 4.79 Å². The maximum absolute atomic E-state index is 12.0. The van der Waals surface area contributed by atoms with E-state index in [0.29, 0.717) is 17.5 Å². The number of amides is 1. The summed E-state index contributed by atoms with van der Waals surface area (Å²) in [6, 6.07) is 3.81. The van der Waals surface area contributed by atoms with Crippen molar-refractivity contribution in [3.8, 4) is 0 Å². The summed E-state index contributed by atoms with van der Waals surface area (Å²) in [6.07, 6.45) is 8.08. The Morgan fingerprint density at radius 1 is 1.35 bits per heavy atom. The van der Waals surface area contributed by atoms with Crippen molar-refractivity contribution in [1.82, 2.24) is 10.3 Å². The van der Waals surface area contributed by atoms with E-state index in [4.69, 9.17) is 0 Å². The lowest BCUT2D eigenvalue weighted by Crippen LogP contribution is -2.42. The van der Waals surface area contributed by atoms with E-state index in [1.165, 1.54) is 19.3 Å². The Balaban J connectivity index is 1.98. The van der Waals surface area contributed by atoms with Crippen molar-refractivity contribution in [2.75, 3.05) is 5.33 Å². The fraction of sp³-hybridized carbons (Fsp3) is 0.538. The Kier molecular flexibility index (Phi) is 4.54. The molecule has 0 aliphatic heterocycles. The van der Waals surface area contributed by atoms with Gasteiger partial charge in [-0.15, -0.1) is 0 Å². The van der Waals surface area contributed by atoms with Gasteiger partial charge < -0.3 is 5.32 Å². The zero-order valence-electron chi connectivity index (χ0n) is 9.73. The van der Waals surface area contributed by atoms with Gasteiger partial charge >= 0.3 is 0 Å². The molecule has 0 spiro atoms. The molecule has 0 saturated heterocycles. The second kappa shape index (κ2) is 6.15. The van der Waals surface area contributed by atoms with Gasteiger partial charge in [-0.05, 0) is 30.9 Å². The monoisotopic (exact) mass is 296 g/mol. The molecule has 1 amide bonds. The fourth-order valence-corrected chi connectivity index (χ4v) is 3.11. The fourth-order valence-electron chi connectivity index (χ4n) is 2.34. The molecule has 4 heteroatoms. The predicted molar refractivity (Wildman–Crippen MR) is 71.2 cm³/mol. The minimum atomic E-state index is 0.0188. The van der Waals surface area contributed by atoms with Crippen molar-refractivity contribution in [1.29, 1.82) is 0 Å². The third-order valence-corrected chi connectivity index (χ3v) is 4.20. The van der Waals surface area contributed by atoms with Gasteiger partial charge in [-0.2, -0.15) is 0 Å². The number of hydrogen-bond donors (Lipinski definition) is 1. The lowest BCUT2D eigenvalue weighted by molar-refractivity contribution is 0.0911. The second-order valence-corrected chi connectivity index (χ2v) is 5.16. The Hall–Kier alpha value is -0.900. The maximum atomic E-state index is 12.0. The number of hydrogen-bond acceptors (Lipinski definition) is 2. The zero-order valence-corrected chi connectivity index (χ0v) is 11.3. The van der Waals surface area contributed by atoms with Crippen molar-refractivity contribution in [3.05, 3.63) is 30.1 Å². The molecule has 0 radical (unpaired) electrons. The lowest BCUT2D eigenvalue weighted by atomic mass is 9.86. The van der Waals surface area contributed by atoms with E-state index in [-0.39, 0.29) is 5.91 Å². The Bertz CT molecular complexity index is 369. The highest BCUT2D eigenvalue weighted by molar-refractivity contribution is 9.09. The topological polar surface area (TPSA) is 42.0 Å². The molecule has 1 aliphatic rings. The summed E-state index contributed by atoms with van der Waals surface area (Å²) in [5.74, 6) is 0.583. The summed E-state index contributed by atoms with van der Waals surface area (Å²) < 4.78 is 0. The van der Waals surface area contributed by atoms with Crippen molar-refractivity contribution in [2.24, 2.45) is 5.92 Å². The number of alkyl halides is 1. The van der Waals surface area contributed by atoms with Crippen LogP contribution in [0.15, 0.2) is 24.5 Å². The highest BCUT2D eigenvalue weighted by Gasteiger charge is 2.25. The summed E-state index contributed by atoms with van der Waals surface area (Å²) in [7, 11) is 0. The van der Waals surface area contributed by atoms with E-state index in [9.17, 15) is 4.79 Å². The molecule has 1 fully saturated rings. The first kappa shape index (κ1) is 12.6. The van der Waals surface area contributed by atoms with Gasteiger partial charge in [-0.25, -0.2) is 0 Å². The molecular formula is C13H17BrN2O. The smallest absolute Gasteiger partial charge is 0.251 e. The highest BCUT2D eigenvalue weighted by atomic mass is 79.9. The second-order valence-electron chi connectivity index (χ2n) is 4.51. The van der Waals surface area contributed by atoms with E-state index in [1.807, 2.05) is 0 Å². The van der Waals surface area contributed by atoms with Gasteiger partial charge in [0.15, 0.2) is 0 Å². The number of rotatable bonds is 3. The SMILES string of the molecule is O=C(NC1CCCCC1CBr)c1ccncc1. The average molecular weight is 297 g/mol. The van der Waals surface area contributed by atoms with Crippen molar-refractivity contribution >= 4 is 21.8 Å². The molecule has 1 heterocycles. The lowest BCUT2D eigenvalue weighted by Gasteiger charge is -2.30. The summed E-state index contributed by atoms with van der Waals surface area (Å²) in [4.78, 5) is 15.9. The normalized spacial score (nSPS) is 24.3. The Morgan fingerprint density at radius 2 is 2.06 bits per heavy atom. The summed E-state index contributed by atoms with van der Waals surface area (Å²) in [5, 5.41) is 4.11. The first-order chi connectivity index (χ1) is 8.31. The number of nitrogens with zero attached hydrogens (tertiary/aromatic N) is 1. The van der Waals surface area contributed by atoms with Gasteiger partial charge in [0.1, 0.15) is 0 Å². The van der Waals surface area contributed by atoms with Crippen molar-refractivity contribution in [2.45, 2.75) is 31.7 Å². The first-order valence-corrected chi connectivity index (χ1v) is 7.20. The minimum Gasteiger partial charge on any atom is -0.349 e. The third kappa shape index (κ3) is 3.28. The number of nitrogens with one attached hydrogen (secondary N) is 1. The molecule has 92 valence electrons. The standard InChI is InChI=1S/C13H17BrN2O/c14-9-11-3-1-2-4-12(11)16-13(17)10-5-7-15-8-6-10/h5-8,11-12H,1-4,9H2,(H,16,17). The van der Waals surface area contributed by atoms with Crippen LogP contribution in [-0.2, 0) is 0 Å². The third-order valence-electron chi connectivity index (χ3n) is 3.37. The van der Waals surface area contributed by atoms with E-state index >= 15 is 0 Å². The molecular weight excluding hydrogens is 280 g/mol. The van der Waals surface area contributed by atoms with Crippen LogP contribution in [0.25, 0.3) is 0 Å². The summed E-state index contributed by atoms with van der Waals surface area (Å²) >= 11 is 3.54. The number of halogens is 1. The largest absolute Gasteiger partial charge is 0.349 e. The molecule has 2 atom stereocenters. The van der Waals surface area contributed by atoms with Gasteiger partial charge in [0.2, 0.25) is 0 Å². The quantitative estimate of drug-likeness (QED) is 0.872. The van der Waals surface area contributed by atoms with Crippen LogP contribution in [0.5, 0.6) is 0 Å². The van der Waals surface area contributed by atoms with Gasteiger partial charge in [-0.3, -0.25) is 9.78 Å². The van der Waals surface area contributed by atoms with Crippen LogP contribution in [0.3, 0.4) is 0 Å². The maximum Gasteiger partial charge on any atom is 0.251 e. The molecule has 1 saturated carbocycles. The molecule has 1 aromatic heterocycles. The molecule has 1 aliphatic carbocycles. The van der Waals surface area contributed by atoms with Gasteiger partial charge in [-0.1, -0.05) is 28.8 Å². The molecule has 1 N–H and O–H groups in total. The Labute approximate surface area is 110 Å². The van der Waals surface area contributed by atoms with E-state index < -0.39 is 0 Å². The zero-order chi connectivity index (χ0) is 12.1. The van der Waals surface area contributed by atoms with E-state index in [2.05, 4.69) is 26.2 Å². The molecule has 0 aromatic carbocycles. The summed E-state index contributed by atoms with van der Waals surface area (Å²) in [5.41, 5.74) is 0.693.